The summed E-state index contributed by atoms with van der Waals surface area (Å²) in [6.45, 7) is 3.91. The molecule has 0 aromatic carbocycles. The molecule has 10 heteroatoms. The molecule has 0 amide bonds. The van der Waals surface area contributed by atoms with Crippen LogP contribution in [0.15, 0.2) is 24.3 Å². The molecule has 300 valence electrons. The van der Waals surface area contributed by atoms with Crippen molar-refractivity contribution in [3.05, 3.63) is 24.3 Å². The molecule has 0 radical (unpaired) electrons. The lowest BCUT2D eigenvalue weighted by Gasteiger charge is -2.25. The minimum absolute atomic E-state index is 0.106. The fourth-order valence-electron chi connectivity index (χ4n) is 5.69. The van der Waals surface area contributed by atoms with Gasteiger partial charge in [-0.1, -0.05) is 141 Å². The zero-order valence-corrected chi connectivity index (χ0v) is 33.8. The number of phosphoric acid groups is 1. The van der Waals surface area contributed by atoms with Crippen LogP contribution in [0.2, 0.25) is 0 Å². The van der Waals surface area contributed by atoms with Gasteiger partial charge in [0.1, 0.15) is 13.2 Å². The first-order valence-electron chi connectivity index (χ1n) is 20.9. The van der Waals surface area contributed by atoms with E-state index in [1.54, 1.807) is 0 Å². The summed E-state index contributed by atoms with van der Waals surface area (Å²) >= 11 is 0. The monoisotopic (exact) mass is 744 g/mol. The molecule has 0 aliphatic heterocycles. The van der Waals surface area contributed by atoms with Crippen LogP contribution in [0.4, 0.5) is 0 Å². The van der Waals surface area contributed by atoms with E-state index in [4.69, 9.17) is 18.5 Å². The van der Waals surface area contributed by atoms with Crippen LogP contribution in [-0.2, 0) is 32.7 Å². The normalized spacial score (nSPS) is 13.6. The van der Waals surface area contributed by atoms with Crippen molar-refractivity contribution in [1.82, 2.24) is 0 Å². The Morgan fingerprint density at radius 1 is 0.569 bits per heavy atom. The van der Waals surface area contributed by atoms with Crippen LogP contribution in [-0.4, -0.2) is 44.4 Å². The van der Waals surface area contributed by atoms with Gasteiger partial charge in [-0.3, -0.25) is 14.2 Å². The van der Waals surface area contributed by atoms with Crippen LogP contribution >= 0.6 is 7.82 Å². The van der Waals surface area contributed by atoms with Crippen molar-refractivity contribution in [1.29, 1.82) is 0 Å². The number of hydrogen-bond donors (Lipinski definition) is 1. The molecule has 1 unspecified atom stereocenters. The van der Waals surface area contributed by atoms with Gasteiger partial charge in [-0.05, 0) is 64.2 Å². The van der Waals surface area contributed by atoms with Crippen LogP contribution in [0.5, 0.6) is 0 Å². The predicted molar refractivity (Wildman–Crippen MR) is 207 cm³/mol. The Morgan fingerprint density at radius 2 is 0.961 bits per heavy atom. The molecule has 0 aliphatic rings. The molecular formula is C41H78NO8P. The lowest BCUT2D eigenvalue weighted by molar-refractivity contribution is -0.373. The molecule has 0 aromatic heterocycles. The average Bonchev–Trinajstić information content (AvgIpc) is 3.11. The van der Waals surface area contributed by atoms with Crippen molar-refractivity contribution in [2.45, 2.75) is 200 Å². The maximum atomic E-state index is 12.5. The summed E-state index contributed by atoms with van der Waals surface area (Å²) in [5, 5.41) is 0. The molecule has 0 saturated carbocycles. The Balaban J connectivity index is 4.20. The maximum Gasteiger partial charge on any atom is 0.306 e. The van der Waals surface area contributed by atoms with Crippen molar-refractivity contribution in [3.63, 3.8) is 0 Å². The summed E-state index contributed by atoms with van der Waals surface area (Å²) in [6.07, 6.45) is 39.1. The number of phosphoric ester groups is 1. The minimum atomic E-state index is -4.58. The predicted octanol–water partition coefficient (Wildman–Crippen LogP) is 10.3. The highest BCUT2D eigenvalue weighted by molar-refractivity contribution is 7.45. The average molecular weight is 744 g/mol. The molecule has 0 rings (SSSR count). The molecule has 0 aliphatic carbocycles. The quantitative estimate of drug-likeness (QED) is 0.0284. The second-order valence-electron chi connectivity index (χ2n) is 13.9. The lowest BCUT2D eigenvalue weighted by atomic mass is 10.1. The molecular weight excluding hydrogens is 665 g/mol. The van der Waals surface area contributed by atoms with Crippen molar-refractivity contribution in [2.24, 2.45) is 0 Å². The first kappa shape index (κ1) is 49.5. The first-order valence-corrected chi connectivity index (χ1v) is 22.3. The fraction of sp³-hybridized carbons (Fsp3) is 0.854. The minimum Gasteiger partial charge on any atom is -0.756 e. The van der Waals surface area contributed by atoms with Gasteiger partial charge in [0, 0.05) is 12.8 Å². The third-order valence-corrected chi connectivity index (χ3v) is 9.79. The number of esters is 2. The van der Waals surface area contributed by atoms with Crippen molar-refractivity contribution >= 4 is 19.8 Å². The van der Waals surface area contributed by atoms with Crippen LogP contribution in [0.25, 0.3) is 0 Å². The van der Waals surface area contributed by atoms with Gasteiger partial charge in [0.15, 0.2) is 6.10 Å². The van der Waals surface area contributed by atoms with E-state index in [1.165, 1.54) is 89.9 Å². The van der Waals surface area contributed by atoms with Crippen molar-refractivity contribution in [2.75, 3.05) is 26.4 Å². The van der Waals surface area contributed by atoms with E-state index >= 15 is 0 Å². The van der Waals surface area contributed by atoms with E-state index in [0.29, 0.717) is 6.42 Å². The third-order valence-electron chi connectivity index (χ3n) is 8.83. The highest BCUT2D eigenvalue weighted by Gasteiger charge is 2.21. The van der Waals surface area contributed by atoms with Gasteiger partial charge >= 0.3 is 11.9 Å². The Hall–Kier alpha value is -1.51. The number of carbonyl (C=O) groups is 2. The number of quaternary nitrogens is 1. The Morgan fingerprint density at radius 3 is 1.39 bits per heavy atom. The van der Waals surface area contributed by atoms with E-state index in [2.05, 4.69) is 43.9 Å². The number of carbonyl (C=O) groups excluding carboxylic acids is 2. The smallest absolute Gasteiger partial charge is 0.306 e. The van der Waals surface area contributed by atoms with Crippen LogP contribution < -0.4 is 10.6 Å². The van der Waals surface area contributed by atoms with E-state index < -0.39 is 32.5 Å². The standard InChI is InChI=1S/C41H78NO8P/c1-3-5-7-9-11-13-15-17-19-21-23-25-27-29-31-33-40(43)47-37-39(38-49-51(45,46)48-36-35-42)50-41(44)34-32-30-28-26-24-22-20-18-16-14-12-10-8-6-4-2/h17-20,39H,3-16,21-38,42H2,1-2H3,(H,45,46)/t39-/m1/s1. The summed E-state index contributed by atoms with van der Waals surface area (Å²) < 4.78 is 32.5. The Bertz CT molecular complexity index is 897. The zero-order chi connectivity index (χ0) is 37.5. The van der Waals surface area contributed by atoms with Crippen molar-refractivity contribution in [3.8, 4) is 0 Å². The molecule has 51 heavy (non-hydrogen) atoms. The largest absolute Gasteiger partial charge is 0.756 e. The van der Waals surface area contributed by atoms with Crippen LogP contribution in [0.1, 0.15) is 194 Å². The number of unbranched alkanes of at least 4 members (excludes halogenated alkanes) is 22. The second-order valence-corrected chi connectivity index (χ2v) is 15.3. The molecule has 0 aromatic rings. The van der Waals surface area contributed by atoms with Crippen molar-refractivity contribution < 1.29 is 43.3 Å². The fourth-order valence-corrected chi connectivity index (χ4v) is 6.46. The molecule has 2 atom stereocenters. The van der Waals surface area contributed by atoms with E-state index in [9.17, 15) is 19.0 Å². The summed E-state index contributed by atoms with van der Waals surface area (Å²) in [4.78, 5) is 36.9. The molecule has 0 spiro atoms. The summed E-state index contributed by atoms with van der Waals surface area (Å²) in [5.41, 5.74) is 3.55. The second kappa shape index (κ2) is 38.2. The molecule has 0 bridgehead atoms. The number of allylic oxidation sites excluding steroid dienone is 4. The Kier molecular flexibility index (Phi) is 37.1. The van der Waals surface area contributed by atoms with Gasteiger partial charge in [-0.15, -0.1) is 0 Å². The summed E-state index contributed by atoms with van der Waals surface area (Å²) in [5.74, 6) is -0.863. The van der Waals surface area contributed by atoms with Gasteiger partial charge in [-0.25, -0.2) is 0 Å². The Labute approximate surface area is 312 Å². The van der Waals surface area contributed by atoms with Gasteiger partial charge in [0.05, 0.1) is 13.2 Å². The zero-order valence-electron chi connectivity index (χ0n) is 32.9. The number of ether oxygens (including phenoxy) is 2. The van der Waals surface area contributed by atoms with Crippen LogP contribution in [0, 0.1) is 0 Å². The van der Waals surface area contributed by atoms with Gasteiger partial charge < -0.3 is 29.1 Å². The number of hydrogen-bond acceptors (Lipinski definition) is 8. The molecule has 9 nitrogen and oxygen atoms in total. The van der Waals surface area contributed by atoms with E-state index in [-0.39, 0.29) is 32.6 Å². The topological polar surface area (TPSA) is 139 Å². The third kappa shape index (κ3) is 38.0. The number of rotatable bonds is 39. The highest BCUT2D eigenvalue weighted by Crippen LogP contribution is 2.38. The van der Waals surface area contributed by atoms with Crippen LogP contribution in [0.3, 0.4) is 0 Å². The summed E-state index contributed by atoms with van der Waals surface area (Å²) in [7, 11) is -4.58. The molecule has 0 fully saturated rings. The molecule has 0 saturated heterocycles. The highest BCUT2D eigenvalue weighted by atomic mass is 31.2. The first-order chi connectivity index (χ1) is 24.8. The molecule has 3 N–H and O–H groups in total. The van der Waals surface area contributed by atoms with Gasteiger partial charge in [-0.2, -0.15) is 0 Å². The SMILES string of the molecule is CCCCCCCCC=CCCCCCCCC(=O)OC[C@H](COP(=O)([O-])OCC[NH3+])OC(=O)CCCCCCCC=CCCCCCCCC. The van der Waals surface area contributed by atoms with E-state index in [1.807, 2.05) is 0 Å². The van der Waals surface area contributed by atoms with Gasteiger partial charge in [0.2, 0.25) is 0 Å². The summed E-state index contributed by atoms with van der Waals surface area (Å²) in [6, 6.07) is 0. The maximum absolute atomic E-state index is 12.5. The van der Waals surface area contributed by atoms with E-state index in [0.717, 1.165) is 70.6 Å². The van der Waals surface area contributed by atoms with Gasteiger partial charge in [0.25, 0.3) is 7.82 Å². The molecule has 0 heterocycles. The lowest BCUT2D eigenvalue weighted by Crippen LogP contribution is -2.52.